The van der Waals surface area contributed by atoms with Gasteiger partial charge in [0.2, 0.25) is 0 Å². The maximum Gasteiger partial charge on any atom is 0.573 e. The van der Waals surface area contributed by atoms with Crippen LogP contribution in [-0.4, -0.2) is 49.9 Å². The van der Waals surface area contributed by atoms with Crippen LogP contribution in [0.25, 0.3) is 11.1 Å². The van der Waals surface area contributed by atoms with E-state index < -0.39 is 11.9 Å². The molecule has 0 radical (unpaired) electrons. The third kappa shape index (κ3) is 6.13. The highest BCUT2D eigenvalue weighted by atomic mass is 19.4. The van der Waals surface area contributed by atoms with Gasteiger partial charge in [-0.05, 0) is 68.0 Å². The van der Waals surface area contributed by atoms with Crippen molar-refractivity contribution >= 4 is 11.8 Å². The van der Waals surface area contributed by atoms with Gasteiger partial charge in [0.05, 0.1) is 0 Å². The molecule has 8 nitrogen and oxygen atoms in total. The molecule has 0 unspecified atom stereocenters. The lowest BCUT2D eigenvalue weighted by Gasteiger charge is -2.34. The Morgan fingerprint density at radius 2 is 1.82 bits per heavy atom. The van der Waals surface area contributed by atoms with Gasteiger partial charge >= 0.3 is 12.4 Å². The Morgan fingerprint density at radius 1 is 1.02 bits per heavy atom. The fourth-order valence-corrected chi connectivity index (χ4v) is 5.40. The van der Waals surface area contributed by atoms with Gasteiger partial charge in [0.15, 0.2) is 5.78 Å². The number of nitrogens with zero attached hydrogens (tertiary/aromatic N) is 4. The van der Waals surface area contributed by atoms with Crippen LogP contribution in [0.2, 0.25) is 0 Å². The average molecular weight is 556 g/mol. The number of hydrogen-bond donors (Lipinski definition) is 1. The summed E-state index contributed by atoms with van der Waals surface area (Å²) in [7, 11) is 0. The standard InChI is InChI=1S/C29H32F3N5O3/c1-28(2,3)33-27(39)36-15-13-21-20(18-6-4-7-19(16-18)40-29(30,31)32)9-10-22(23(21)17-36)24(38)11-12-26-35-34-25-8-5-14-37(25)26/h4,6-7,9-10,16H,5,8,11-15,17H2,1-3H3,(H,33,39). The quantitative estimate of drug-likeness (QED) is 0.408. The minimum Gasteiger partial charge on any atom is -0.406 e. The topological polar surface area (TPSA) is 89.3 Å². The van der Waals surface area contributed by atoms with E-state index in [4.69, 9.17) is 0 Å². The number of nitrogens with one attached hydrogen (secondary N) is 1. The zero-order chi connectivity index (χ0) is 28.7. The van der Waals surface area contributed by atoms with Crippen molar-refractivity contribution in [2.75, 3.05) is 6.54 Å². The largest absolute Gasteiger partial charge is 0.573 e. The summed E-state index contributed by atoms with van der Waals surface area (Å²) in [5, 5.41) is 11.4. The van der Waals surface area contributed by atoms with Crippen LogP contribution in [0.3, 0.4) is 0 Å². The number of aryl methyl sites for hydroxylation is 2. The number of benzene rings is 2. The highest BCUT2D eigenvalue weighted by Gasteiger charge is 2.32. The maximum atomic E-state index is 13.6. The number of aromatic nitrogens is 3. The number of carbonyl (C=O) groups excluding carboxylic acids is 2. The van der Waals surface area contributed by atoms with Crippen molar-refractivity contribution < 1.29 is 27.5 Å². The number of rotatable bonds is 6. The fraction of sp³-hybridized carbons (Fsp3) is 0.448. The number of amides is 2. The van der Waals surface area contributed by atoms with Crippen molar-refractivity contribution in [1.82, 2.24) is 25.0 Å². The van der Waals surface area contributed by atoms with E-state index in [1.165, 1.54) is 18.2 Å². The predicted octanol–water partition coefficient (Wildman–Crippen LogP) is 5.47. The smallest absolute Gasteiger partial charge is 0.406 e. The Bertz CT molecular complexity index is 1440. The number of halogens is 3. The molecule has 2 aliphatic rings. The van der Waals surface area contributed by atoms with Crippen molar-refractivity contribution in [3.8, 4) is 16.9 Å². The van der Waals surface area contributed by atoms with Crippen molar-refractivity contribution in [1.29, 1.82) is 0 Å². The van der Waals surface area contributed by atoms with Crippen molar-refractivity contribution in [3.05, 3.63) is 64.7 Å². The third-order valence-corrected chi connectivity index (χ3v) is 7.12. The van der Waals surface area contributed by atoms with Crippen LogP contribution in [0.15, 0.2) is 36.4 Å². The first-order valence-electron chi connectivity index (χ1n) is 13.4. The summed E-state index contributed by atoms with van der Waals surface area (Å²) in [6, 6.07) is 9.07. The first kappa shape index (κ1) is 27.7. The summed E-state index contributed by atoms with van der Waals surface area (Å²) in [6.07, 6.45) is -1.77. The normalized spacial score (nSPS) is 15.0. The lowest BCUT2D eigenvalue weighted by Crippen LogP contribution is -2.50. The fourth-order valence-electron chi connectivity index (χ4n) is 5.40. The average Bonchev–Trinajstić information content (AvgIpc) is 3.49. The Balaban J connectivity index is 1.47. The summed E-state index contributed by atoms with van der Waals surface area (Å²) in [5.41, 5.74) is 2.89. The highest BCUT2D eigenvalue weighted by molar-refractivity contribution is 5.99. The molecule has 3 aromatic rings. The molecule has 0 atom stereocenters. The van der Waals surface area contributed by atoms with Gasteiger partial charge in [-0.1, -0.05) is 24.3 Å². The summed E-state index contributed by atoms with van der Waals surface area (Å²) in [4.78, 5) is 28.2. The van der Waals surface area contributed by atoms with Gasteiger partial charge in [-0.15, -0.1) is 23.4 Å². The Kier molecular flexibility index (Phi) is 7.32. The number of Topliss-reactive ketones (excluding diaryl/α,β-unsaturated/α-hetero) is 1. The minimum absolute atomic E-state index is 0.0784. The van der Waals surface area contributed by atoms with E-state index in [2.05, 4.69) is 24.8 Å². The van der Waals surface area contributed by atoms with Gasteiger partial charge in [0.25, 0.3) is 0 Å². The molecule has 0 saturated heterocycles. The van der Waals surface area contributed by atoms with Crippen LogP contribution in [-0.2, 0) is 32.4 Å². The molecule has 212 valence electrons. The summed E-state index contributed by atoms with van der Waals surface area (Å²) >= 11 is 0. The second-order valence-electron chi connectivity index (χ2n) is 11.3. The predicted molar refractivity (Wildman–Crippen MR) is 142 cm³/mol. The molecule has 0 bridgehead atoms. The van der Waals surface area contributed by atoms with Crippen LogP contribution in [0.4, 0.5) is 18.0 Å². The van der Waals surface area contributed by atoms with E-state index in [9.17, 15) is 22.8 Å². The maximum absolute atomic E-state index is 13.6. The summed E-state index contributed by atoms with van der Waals surface area (Å²) < 4.78 is 44.8. The second kappa shape index (κ2) is 10.6. The van der Waals surface area contributed by atoms with E-state index in [0.29, 0.717) is 41.6 Å². The first-order chi connectivity index (χ1) is 18.9. The monoisotopic (exact) mass is 555 g/mol. The number of ketones is 1. The van der Waals surface area contributed by atoms with Gasteiger partial charge in [-0.2, -0.15) is 0 Å². The van der Waals surface area contributed by atoms with Crippen molar-refractivity contribution in [2.45, 2.75) is 77.9 Å². The SMILES string of the molecule is CC(C)(C)NC(=O)N1CCc2c(-c3cccc(OC(F)(F)F)c3)ccc(C(=O)CCc3nnc4n3CCC4)c2C1. The Labute approximate surface area is 230 Å². The lowest BCUT2D eigenvalue weighted by atomic mass is 9.85. The summed E-state index contributed by atoms with van der Waals surface area (Å²) in [5.74, 6) is 1.34. The molecule has 0 aliphatic carbocycles. The number of alkyl halides is 3. The zero-order valence-corrected chi connectivity index (χ0v) is 22.8. The van der Waals surface area contributed by atoms with E-state index >= 15 is 0 Å². The van der Waals surface area contributed by atoms with E-state index in [1.54, 1.807) is 23.1 Å². The third-order valence-electron chi connectivity index (χ3n) is 7.12. The molecule has 2 amide bonds. The molecule has 5 rings (SSSR count). The second-order valence-corrected chi connectivity index (χ2v) is 11.3. The molecule has 2 aliphatic heterocycles. The van der Waals surface area contributed by atoms with E-state index in [-0.39, 0.29) is 30.5 Å². The first-order valence-corrected chi connectivity index (χ1v) is 13.4. The molecule has 0 fully saturated rings. The molecule has 0 spiro atoms. The zero-order valence-electron chi connectivity index (χ0n) is 22.8. The molecule has 1 N–H and O–H groups in total. The molecule has 1 aromatic heterocycles. The van der Waals surface area contributed by atoms with Crippen LogP contribution >= 0.6 is 0 Å². The van der Waals surface area contributed by atoms with E-state index in [0.717, 1.165) is 36.6 Å². The van der Waals surface area contributed by atoms with Gasteiger partial charge in [-0.3, -0.25) is 4.79 Å². The van der Waals surface area contributed by atoms with Crippen LogP contribution in [0, 0.1) is 0 Å². The summed E-state index contributed by atoms with van der Waals surface area (Å²) in [6.45, 7) is 7.16. The minimum atomic E-state index is -4.81. The van der Waals surface area contributed by atoms with Crippen LogP contribution < -0.4 is 10.1 Å². The number of hydrogen-bond acceptors (Lipinski definition) is 5. The van der Waals surface area contributed by atoms with Crippen molar-refractivity contribution in [3.63, 3.8) is 0 Å². The molecule has 40 heavy (non-hydrogen) atoms. The van der Waals surface area contributed by atoms with Gasteiger partial charge in [-0.25, -0.2) is 4.79 Å². The van der Waals surface area contributed by atoms with Crippen LogP contribution in [0.1, 0.15) is 66.7 Å². The lowest BCUT2D eigenvalue weighted by molar-refractivity contribution is -0.274. The Morgan fingerprint density at radius 3 is 2.58 bits per heavy atom. The molecular weight excluding hydrogens is 523 g/mol. The molecule has 3 heterocycles. The van der Waals surface area contributed by atoms with Crippen molar-refractivity contribution in [2.24, 2.45) is 0 Å². The highest BCUT2D eigenvalue weighted by Crippen LogP contribution is 2.36. The molecule has 11 heteroatoms. The van der Waals surface area contributed by atoms with Crippen LogP contribution in [0.5, 0.6) is 5.75 Å². The van der Waals surface area contributed by atoms with Gasteiger partial charge < -0.3 is 19.5 Å². The molecule has 0 saturated carbocycles. The molecule has 2 aromatic carbocycles. The Hall–Kier alpha value is -3.89. The van der Waals surface area contributed by atoms with Gasteiger partial charge in [0, 0.05) is 50.0 Å². The van der Waals surface area contributed by atoms with E-state index in [1.807, 2.05) is 20.8 Å². The number of carbonyl (C=O) groups is 2. The van der Waals surface area contributed by atoms with Gasteiger partial charge in [0.1, 0.15) is 17.4 Å². The number of urea groups is 1. The number of ether oxygens (including phenoxy) is 1. The number of fused-ring (bicyclic) bond motifs is 2. The molecular formula is C29H32F3N5O3.